The van der Waals surface area contributed by atoms with Gasteiger partial charge in [0.1, 0.15) is 17.3 Å². The molecule has 112 valence electrons. The molecule has 1 N–H and O–H groups in total. The van der Waals surface area contributed by atoms with E-state index < -0.39 is 0 Å². The van der Waals surface area contributed by atoms with Crippen molar-refractivity contribution < 1.29 is 9.13 Å². The molecule has 2 aromatic carbocycles. The third-order valence-corrected chi connectivity index (χ3v) is 3.17. The summed E-state index contributed by atoms with van der Waals surface area (Å²) in [7, 11) is 0. The molecule has 0 aromatic heterocycles. The van der Waals surface area contributed by atoms with Crippen molar-refractivity contribution in [3.05, 3.63) is 59.4 Å². The number of aryl methyl sites for hydroxylation is 1. The molecule has 0 unspecified atom stereocenters. The number of ether oxygens (including phenoxy) is 1. The van der Waals surface area contributed by atoms with E-state index >= 15 is 0 Å². The second-order valence-electron chi connectivity index (χ2n) is 5.68. The minimum atomic E-state index is -0.244. The van der Waals surface area contributed by atoms with Crippen molar-refractivity contribution in [3.8, 4) is 11.5 Å². The molecule has 0 radical (unpaired) electrons. The largest absolute Gasteiger partial charge is 0.457 e. The predicted octanol–water partition coefficient (Wildman–Crippen LogP) is 4.67. The van der Waals surface area contributed by atoms with Gasteiger partial charge in [0.2, 0.25) is 0 Å². The van der Waals surface area contributed by atoms with Crippen LogP contribution >= 0.6 is 0 Å². The van der Waals surface area contributed by atoms with E-state index in [0.717, 1.165) is 24.4 Å². The average Bonchev–Trinajstić information content (AvgIpc) is 2.43. The van der Waals surface area contributed by atoms with E-state index in [4.69, 9.17) is 4.74 Å². The van der Waals surface area contributed by atoms with Gasteiger partial charge in [0.15, 0.2) is 0 Å². The van der Waals surface area contributed by atoms with Crippen LogP contribution in [0.2, 0.25) is 0 Å². The zero-order valence-electron chi connectivity index (χ0n) is 12.8. The Kier molecular flexibility index (Phi) is 5.34. The summed E-state index contributed by atoms with van der Waals surface area (Å²) < 4.78 is 18.8. The predicted molar refractivity (Wildman–Crippen MR) is 84.2 cm³/mol. The summed E-state index contributed by atoms with van der Waals surface area (Å²) in [5.41, 5.74) is 2.01. The van der Waals surface area contributed by atoms with E-state index in [1.165, 1.54) is 17.7 Å². The van der Waals surface area contributed by atoms with E-state index in [2.05, 4.69) is 19.2 Å². The van der Waals surface area contributed by atoms with E-state index in [9.17, 15) is 4.39 Å². The lowest BCUT2D eigenvalue weighted by Gasteiger charge is -2.10. The Morgan fingerprint density at radius 3 is 2.43 bits per heavy atom. The van der Waals surface area contributed by atoms with Crippen molar-refractivity contribution in [1.29, 1.82) is 0 Å². The normalized spacial score (nSPS) is 10.9. The Labute approximate surface area is 126 Å². The van der Waals surface area contributed by atoms with Crippen molar-refractivity contribution in [2.24, 2.45) is 5.92 Å². The van der Waals surface area contributed by atoms with Gasteiger partial charge in [-0.1, -0.05) is 26.0 Å². The summed E-state index contributed by atoms with van der Waals surface area (Å²) in [6, 6.07) is 12.5. The van der Waals surface area contributed by atoms with Crippen LogP contribution in [0, 0.1) is 18.7 Å². The molecule has 0 heterocycles. The third kappa shape index (κ3) is 4.87. The number of hydrogen-bond acceptors (Lipinski definition) is 2. The molecule has 0 spiro atoms. The highest BCUT2D eigenvalue weighted by atomic mass is 19.1. The SMILES string of the molecule is Cc1cc(F)ccc1Oc1ccc(CNCC(C)C)cc1. The Balaban J connectivity index is 1.95. The van der Waals surface area contributed by atoms with Crippen LogP contribution in [0.15, 0.2) is 42.5 Å². The third-order valence-electron chi connectivity index (χ3n) is 3.17. The van der Waals surface area contributed by atoms with Crippen molar-refractivity contribution in [1.82, 2.24) is 5.32 Å². The first-order valence-electron chi connectivity index (χ1n) is 7.28. The zero-order valence-corrected chi connectivity index (χ0v) is 12.8. The van der Waals surface area contributed by atoms with Crippen LogP contribution in [0.1, 0.15) is 25.0 Å². The highest BCUT2D eigenvalue weighted by Crippen LogP contribution is 2.25. The van der Waals surface area contributed by atoms with Crippen LogP contribution in [0.5, 0.6) is 11.5 Å². The first-order valence-corrected chi connectivity index (χ1v) is 7.28. The second kappa shape index (κ2) is 7.23. The Morgan fingerprint density at radius 2 is 1.81 bits per heavy atom. The van der Waals surface area contributed by atoms with Crippen LogP contribution in [-0.4, -0.2) is 6.54 Å². The Morgan fingerprint density at radius 1 is 1.10 bits per heavy atom. The van der Waals surface area contributed by atoms with Gasteiger partial charge in [-0.15, -0.1) is 0 Å². The van der Waals surface area contributed by atoms with Gasteiger partial charge in [-0.05, 0) is 60.8 Å². The highest BCUT2D eigenvalue weighted by molar-refractivity contribution is 5.38. The summed E-state index contributed by atoms with van der Waals surface area (Å²) in [5, 5.41) is 3.40. The number of rotatable bonds is 6. The fourth-order valence-electron chi connectivity index (χ4n) is 2.03. The summed E-state index contributed by atoms with van der Waals surface area (Å²) in [5.74, 6) is 1.85. The van der Waals surface area contributed by atoms with Gasteiger partial charge in [-0.3, -0.25) is 0 Å². The molecule has 3 heteroatoms. The zero-order chi connectivity index (χ0) is 15.2. The molecule has 2 nitrogen and oxygen atoms in total. The summed E-state index contributed by atoms with van der Waals surface area (Å²) in [6.07, 6.45) is 0. The molecule has 0 atom stereocenters. The standard InChI is InChI=1S/C18H22FNO/c1-13(2)11-20-12-15-4-7-17(8-5-15)21-18-9-6-16(19)10-14(18)3/h4-10,13,20H,11-12H2,1-3H3. The molecule has 0 saturated carbocycles. The number of hydrogen-bond donors (Lipinski definition) is 1. The molecule has 0 saturated heterocycles. The smallest absolute Gasteiger partial charge is 0.130 e. The van der Waals surface area contributed by atoms with E-state index in [0.29, 0.717) is 11.7 Å². The fraction of sp³-hybridized carbons (Fsp3) is 0.333. The van der Waals surface area contributed by atoms with Crippen molar-refractivity contribution >= 4 is 0 Å². The molecular formula is C18H22FNO. The lowest BCUT2D eigenvalue weighted by atomic mass is 10.2. The average molecular weight is 287 g/mol. The minimum absolute atomic E-state index is 0.244. The number of halogens is 1. The topological polar surface area (TPSA) is 21.3 Å². The van der Waals surface area contributed by atoms with Crippen LogP contribution < -0.4 is 10.1 Å². The van der Waals surface area contributed by atoms with Gasteiger partial charge in [-0.2, -0.15) is 0 Å². The van der Waals surface area contributed by atoms with Gasteiger partial charge >= 0.3 is 0 Å². The highest BCUT2D eigenvalue weighted by Gasteiger charge is 2.03. The van der Waals surface area contributed by atoms with Gasteiger partial charge in [0.25, 0.3) is 0 Å². The Hall–Kier alpha value is -1.87. The van der Waals surface area contributed by atoms with Crippen LogP contribution in [-0.2, 0) is 6.54 Å². The maximum Gasteiger partial charge on any atom is 0.130 e. The maximum atomic E-state index is 13.1. The molecule has 0 aliphatic carbocycles. The molecule has 0 bridgehead atoms. The summed E-state index contributed by atoms with van der Waals surface area (Å²) >= 11 is 0. The molecule has 0 aliphatic rings. The number of benzene rings is 2. The van der Waals surface area contributed by atoms with Crippen molar-refractivity contribution in [2.45, 2.75) is 27.3 Å². The van der Waals surface area contributed by atoms with Gasteiger partial charge in [-0.25, -0.2) is 4.39 Å². The second-order valence-corrected chi connectivity index (χ2v) is 5.68. The fourth-order valence-corrected chi connectivity index (χ4v) is 2.03. The lowest BCUT2D eigenvalue weighted by molar-refractivity contribution is 0.476. The molecule has 2 rings (SSSR count). The molecular weight excluding hydrogens is 265 g/mol. The van der Waals surface area contributed by atoms with Gasteiger partial charge in [0.05, 0.1) is 0 Å². The maximum absolute atomic E-state index is 13.1. The molecule has 21 heavy (non-hydrogen) atoms. The number of nitrogens with one attached hydrogen (secondary N) is 1. The Bertz CT molecular complexity index is 578. The molecule has 2 aromatic rings. The summed E-state index contributed by atoms with van der Waals surface area (Å²) in [6.45, 7) is 8.08. The van der Waals surface area contributed by atoms with E-state index in [1.807, 2.05) is 31.2 Å². The monoisotopic (exact) mass is 287 g/mol. The first kappa shape index (κ1) is 15.5. The lowest BCUT2D eigenvalue weighted by Crippen LogP contribution is -2.18. The molecule has 0 fully saturated rings. The minimum Gasteiger partial charge on any atom is -0.457 e. The van der Waals surface area contributed by atoms with Crippen LogP contribution in [0.3, 0.4) is 0 Å². The molecule has 0 aliphatic heterocycles. The quantitative estimate of drug-likeness (QED) is 0.833. The van der Waals surface area contributed by atoms with Gasteiger partial charge in [0, 0.05) is 6.54 Å². The van der Waals surface area contributed by atoms with Gasteiger partial charge < -0.3 is 10.1 Å². The van der Waals surface area contributed by atoms with Crippen LogP contribution in [0.4, 0.5) is 4.39 Å². The first-order chi connectivity index (χ1) is 10.0. The van der Waals surface area contributed by atoms with Crippen molar-refractivity contribution in [2.75, 3.05) is 6.54 Å². The van der Waals surface area contributed by atoms with E-state index in [1.54, 1.807) is 6.07 Å². The molecule has 0 amide bonds. The van der Waals surface area contributed by atoms with Crippen molar-refractivity contribution in [3.63, 3.8) is 0 Å². The summed E-state index contributed by atoms with van der Waals surface area (Å²) in [4.78, 5) is 0. The van der Waals surface area contributed by atoms with E-state index in [-0.39, 0.29) is 5.82 Å². The van der Waals surface area contributed by atoms with Crippen LogP contribution in [0.25, 0.3) is 0 Å².